The van der Waals surface area contributed by atoms with Crippen molar-refractivity contribution in [3.63, 3.8) is 0 Å². The highest BCUT2D eigenvalue weighted by Crippen LogP contribution is 2.15. The SMILES string of the molecule is CC1CN(Cc2nnnn2-c2ccc(C#N)cc2)C[C@H](C)O1. The number of aromatic nitrogens is 4. The molecule has 3 rings (SSSR count). The van der Waals surface area contributed by atoms with Crippen LogP contribution in [0.1, 0.15) is 25.2 Å². The Balaban J connectivity index is 1.78. The van der Waals surface area contributed by atoms with Crippen LogP contribution in [-0.4, -0.2) is 50.4 Å². The smallest absolute Gasteiger partial charge is 0.170 e. The number of nitriles is 1. The summed E-state index contributed by atoms with van der Waals surface area (Å²) in [5.41, 5.74) is 1.47. The summed E-state index contributed by atoms with van der Waals surface area (Å²) < 4.78 is 7.46. The molecule has 1 fully saturated rings. The number of rotatable bonds is 3. The molecular formula is C15H18N6O. The Morgan fingerprint density at radius 3 is 2.55 bits per heavy atom. The van der Waals surface area contributed by atoms with Gasteiger partial charge in [0.05, 0.1) is 36.1 Å². The van der Waals surface area contributed by atoms with Gasteiger partial charge in [0.25, 0.3) is 0 Å². The molecular weight excluding hydrogens is 280 g/mol. The van der Waals surface area contributed by atoms with Crippen molar-refractivity contribution in [2.45, 2.75) is 32.6 Å². The average molecular weight is 298 g/mol. The minimum absolute atomic E-state index is 0.211. The molecule has 114 valence electrons. The van der Waals surface area contributed by atoms with E-state index in [1.54, 1.807) is 16.8 Å². The molecule has 0 spiro atoms. The molecule has 1 unspecified atom stereocenters. The van der Waals surface area contributed by atoms with E-state index in [2.05, 4.69) is 40.3 Å². The number of hydrogen-bond acceptors (Lipinski definition) is 6. The maximum atomic E-state index is 8.86. The monoisotopic (exact) mass is 298 g/mol. The second-order valence-electron chi connectivity index (χ2n) is 5.62. The van der Waals surface area contributed by atoms with Crippen LogP contribution in [0.15, 0.2) is 24.3 Å². The standard InChI is InChI=1S/C15H18N6O/c1-11-8-20(9-12(2)22-11)10-15-17-18-19-21(15)14-5-3-13(7-16)4-6-14/h3-6,11-12H,8-10H2,1-2H3/t11-,12?/m0/s1. The number of nitrogens with zero attached hydrogens (tertiary/aromatic N) is 6. The highest BCUT2D eigenvalue weighted by atomic mass is 16.5. The lowest BCUT2D eigenvalue weighted by molar-refractivity contribution is -0.0712. The second-order valence-corrected chi connectivity index (χ2v) is 5.62. The Hall–Kier alpha value is -2.30. The molecule has 0 saturated carbocycles. The van der Waals surface area contributed by atoms with Crippen molar-refractivity contribution >= 4 is 0 Å². The largest absolute Gasteiger partial charge is 0.373 e. The lowest BCUT2D eigenvalue weighted by Crippen LogP contribution is -2.45. The van der Waals surface area contributed by atoms with Gasteiger partial charge in [-0.2, -0.15) is 9.94 Å². The maximum Gasteiger partial charge on any atom is 0.170 e. The van der Waals surface area contributed by atoms with E-state index in [4.69, 9.17) is 10.00 Å². The van der Waals surface area contributed by atoms with Crippen LogP contribution in [0.3, 0.4) is 0 Å². The van der Waals surface area contributed by atoms with E-state index in [0.29, 0.717) is 12.1 Å². The molecule has 22 heavy (non-hydrogen) atoms. The van der Waals surface area contributed by atoms with Gasteiger partial charge in [-0.25, -0.2) is 0 Å². The molecule has 1 aromatic heterocycles. The zero-order valence-electron chi connectivity index (χ0n) is 12.7. The van der Waals surface area contributed by atoms with Crippen molar-refractivity contribution in [2.24, 2.45) is 0 Å². The highest BCUT2D eigenvalue weighted by Gasteiger charge is 2.24. The minimum atomic E-state index is 0.211. The van der Waals surface area contributed by atoms with E-state index in [1.165, 1.54) is 0 Å². The Morgan fingerprint density at radius 1 is 1.23 bits per heavy atom. The van der Waals surface area contributed by atoms with Crippen molar-refractivity contribution in [1.29, 1.82) is 5.26 Å². The molecule has 0 N–H and O–H groups in total. The van der Waals surface area contributed by atoms with Gasteiger partial charge in [-0.15, -0.1) is 5.10 Å². The van der Waals surface area contributed by atoms with Gasteiger partial charge in [-0.3, -0.25) is 4.90 Å². The van der Waals surface area contributed by atoms with Gasteiger partial charge < -0.3 is 4.74 Å². The van der Waals surface area contributed by atoms with Crippen LogP contribution >= 0.6 is 0 Å². The molecule has 2 heterocycles. The van der Waals surface area contributed by atoms with Crippen LogP contribution < -0.4 is 0 Å². The zero-order valence-corrected chi connectivity index (χ0v) is 12.7. The van der Waals surface area contributed by atoms with Crippen LogP contribution in [0.2, 0.25) is 0 Å². The summed E-state index contributed by atoms with van der Waals surface area (Å²) >= 11 is 0. The quantitative estimate of drug-likeness (QED) is 0.845. The predicted molar refractivity (Wildman–Crippen MR) is 79.2 cm³/mol. The molecule has 2 atom stereocenters. The van der Waals surface area contributed by atoms with Crippen molar-refractivity contribution in [3.05, 3.63) is 35.7 Å². The number of hydrogen-bond donors (Lipinski definition) is 0. The molecule has 2 aromatic rings. The van der Waals surface area contributed by atoms with Crippen molar-refractivity contribution in [2.75, 3.05) is 13.1 Å². The summed E-state index contributed by atoms with van der Waals surface area (Å²) in [6.45, 7) is 6.55. The van der Waals surface area contributed by atoms with Crippen LogP contribution in [0, 0.1) is 11.3 Å². The van der Waals surface area contributed by atoms with Gasteiger partial charge in [0.1, 0.15) is 0 Å². The summed E-state index contributed by atoms with van der Waals surface area (Å²) in [5, 5.41) is 20.8. The van der Waals surface area contributed by atoms with E-state index >= 15 is 0 Å². The molecule has 0 radical (unpaired) electrons. The summed E-state index contributed by atoms with van der Waals surface area (Å²) in [6.07, 6.45) is 0.422. The molecule has 1 saturated heterocycles. The van der Waals surface area contributed by atoms with Gasteiger partial charge in [0.2, 0.25) is 0 Å². The van der Waals surface area contributed by atoms with E-state index in [1.807, 2.05) is 12.1 Å². The number of morpholine rings is 1. The molecule has 0 bridgehead atoms. The Labute approximate surface area is 129 Å². The third-order valence-corrected chi connectivity index (χ3v) is 3.64. The molecule has 1 aromatic carbocycles. The van der Waals surface area contributed by atoms with Crippen LogP contribution in [-0.2, 0) is 11.3 Å². The van der Waals surface area contributed by atoms with E-state index in [-0.39, 0.29) is 12.2 Å². The normalized spacial score (nSPS) is 22.4. The fraction of sp³-hybridized carbons (Fsp3) is 0.467. The van der Waals surface area contributed by atoms with Gasteiger partial charge in [0.15, 0.2) is 5.82 Å². The summed E-state index contributed by atoms with van der Waals surface area (Å²) in [4.78, 5) is 2.30. The van der Waals surface area contributed by atoms with Gasteiger partial charge in [-0.1, -0.05) is 0 Å². The van der Waals surface area contributed by atoms with Gasteiger partial charge >= 0.3 is 0 Å². The first-order valence-corrected chi connectivity index (χ1v) is 7.31. The van der Waals surface area contributed by atoms with Crippen LogP contribution in [0.25, 0.3) is 5.69 Å². The lowest BCUT2D eigenvalue weighted by Gasteiger charge is -2.34. The summed E-state index contributed by atoms with van der Waals surface area (Å²) in [6, 6.07) is 9.33. The fourth-order valence-corrected chi connectivity index (χ4v) is 2.80. The first-order valence-electron chi connectivity index (χ1n) is 7.31. The van der Waals surface area contributed by atoms with Crippen LogP contribution in [0.5, 0.6) is 0 Å². The topological polar surface area (TPSA) is 79.9 Å². The fourth-order valence-electron chi connectivity index (χ4n) is 2.80. The Bertz CT molecular complexity index is 664. The predicted octanol–water partition coefficient (Wildman–Crippen LogP) is 1.14. The molecule has 7 nitrogen and oxygen atoms in total. The number of ether oxygens (including phenoxy) is 1. The highest BCUT2D eigenvalue weighted by molar-refractivity contribution is 5.38. The third kappa shape index (κ3) is 3.13. The van der Waals surface area contributed by atoms with Crippen molar-refractivity contribution in [3.8, 4) is 11.8 Å². The summed E-state index contributed by atoms with van der Waals surface area (Å²) in [7, 11) is 0. The van der Waals surface area contributed by atoms with Crippen molar-refractivity contribution < 1.29 is 4.74 Å². The second kappa shape index (κ2) is 6.22. The number of benzene rings is 1. The number of tetrazole rings is 1. The van der Waals surface area contributed by atoms with Crippen molar-refractivity contribution in [1.82, 2.24) is 25.1 Å². The Kier molecular flexibility index (Phi) is 4.13. The molecule has 1 aliphatic rings. The van der Waals surface area contributed by atoms with Gasteiger partial charge in [0, 0.05) is 13.1 Å². The zero-order chi connectivity index (χ0) is 15.5. The molecule has 7 heteroatoms. The minimum Gasteiger partial charge on any atom is -0.373 e. The lowest BCUT2D eigenvalue weighted by atomic mass is 10.2. The Morgan fingerprint density at radius 2 is 1.91 bits per heavy atom. The third-order valence-electron chi connectivity index (χ3n) is 3.64. The van der Waals surface area contributed by atoms with E-state index in [9.17, 15) is 0 Å². The van der Waals surface area contributed by atoms with Gasteiger partial charge in [-0.05, 0) is 48.5 Å². The summed E-state index contributed by atoms with van der Waals surface area (Å²) in [5.74, 6) is 0.783. The maximum absolute atomic E-state index is 8.86. The molecule has 0 amide bonds. The first-order chi connectivity index (χ1) is 10.7. The van der Waals surface area contributed by atoms with E-state index in [0.717, 1.165) is 24.6 Å². The molecule has 1 aliphatic heterocycles. The average Bonchev–Trinajstić information content (AvgIpc) is 2.94. The van der Waals surface area contributed by atoms with E-state index < -0.39 is 0 Å². The van der Waals surface area contributed by atoms with Crippen LogP contribution in [0.4, 0.5) is 0 Å². The first kappa shape index (κ1) is 14.6. The molecule has 0 aliphatic carbocycles.